The number of rotatable bonds is 8. The van der Waals surface area contributed by atoms with Crippen molar-refractivity contribution in [2.45, 2.75) is 18.2 Å². The van der Waals surface area contributed by atoms with Gasteiger partial charge in [-0.25, -0.2) is 8.42 Å². The third kappa shape index (κ3) is 4.97. The molecule has 2 rings (SSSR count). The zero-order chi connectivity index (χ0) is 16.7. The first kappa shape index (κ1) is 17.3. The molecule has 2 aromatic carbocycles. The Morgan fingerprint density at radius 1 is 0.957 bits per heavy atom. The smallest absolute Gasteiger partial charge is 0.261 e. The number of ether oxygens (including phenoxy) is 2. The van der Waals surface area contributed by atoms with Gasteiger partial charge in [0.25, 0.3) is 10.0 Å². The van der Waals surface area contributed by atoms with Crippen LogP contribution in [0.25, 0.3) is 0 Å². The summed E-state index contributed by atoms with van der Waals surface area (Å²) in [5, 5.41) is 0. The standard InChI is InChI=1S/C17H21NO4S/c1-3-14-4-10-17(11-5-14)23(19,20)18-15-6-8-16(9-7-15)22-13-12-21-2/h4-11,18H,3,12-13H2,1-2H3. The van der Waals surface area contributed by atoms with Crippen molar-refractivity contribution in [1.82, 2.24) is 0 Å². The van der Waals surface area contributed by atoms with Crippen LogP contribution in [0.1, 0.15) is 12.5 Å². The average molecular weight is 335 g/mol. The first-order valence-electron chi connectivity index (χ1n) is 7.38. The fourth-order valence-corrected chi connectivity index (χ4v) is 3.04. The molecule has 5 nitrogen and oxygen atoms in total. The lowest BCUT2D eigenvalue weighted by molar-refractivity contribution is 0.146. The molecule has 0 aromatic heterocycles. The molecule has 0 radical (unpaired) electrons. The molecule has 1 N–H and O–H groups in total. The van der Waals surface area contributed by atoms with Gasteiger partial charge in [-0.3, -0.25) is 4.72 Å². The van der Waals surface area contributed by atoms with E-state index in [1.54, 1.807) is 43.5 Å². The molecule has 0 aliphatic carbocycles. The zero-order valence-corrected chi connectivity index (χ0v) is 14.1. The van der Waals surface area contributed by atoms with Crippen LogP contribution in [-0.2, 0) is 21.2 Å². The number of hydrogen-bond donors (Lipinski definition) is 1. The van der Waals surface area contributed by atoms with Crippen LogP contribution in [0, 0.1) is 0 Å². The van der Waals surface area contributed by atoms with Gasteiger partial charge in [-0.15, -0.1) is 0 Å². The van der Waals surface area contributed by atoms with Gasteiger partial charge in [0.15, 0.2) is 0 Å². The zero-order valence-electron chi connectivity index (χ0n) is 13.3. The molecule has 23 heavy (non-hydrogen) atoms. The number of benzene rings is 2. The molecule has 0 amide bonds. The quantitative estimate of drug-likeness (QED) is 0.753. The van der Waals surface area contributed by atoms with Crippen molar-refractivity contribution in [3.05, 3.63) is 54.1 Å². The molecule has 0 unspecified atom stereocenters. The van der Waals surface area contributed by atoms with Crippen LogP contribution < -0.4 is 9.46 Å². The summed E-state index contributed by atoms with van der Waals surface area (Å²) in [7, 11) is -1.98. The van der Waals surface area contributed by atoms with E-state index in [1.807, 2.05) is 19.1 Å². The first-order chi connectivity index (χ1) is 11.0. The van der Waals surface area contributed by atoms with Crippen LogP contribution in [0.5, 0.6) is 5.75 Å². The molecule has 0 heterocycles. The highest BCUT2D eigenvalue weighted by atomic mass is 32.2. The summed E-state index contributed by atoms with van der Waals surface area (Å²) >= 11 is 0. The molecule has 0 fully saturated rings. The van der Waals surface area contributed by atoms with Crippen molar-refractivity contribution < 1.29 is 17.9 Å². The van der Waals surface area contributed by atoms with E-state index in [-0.39, 0.29) is 4.90 Å². The number of anilines is 1. The van der Waals surface area contributed by atoms with Gasteiger partial charge in [0, 0.05) is 12.8 Å². The van der Waals surface area contributed by atoms with E-state index in [4.69, 9.17) is 9.47 Å². The summed E-state index contributed by atoms with van der Waals surface area (Å²) < 4.78 is 37.6. The lowest BCUT2D eigenvalue weighted by Gasteiger charge is -2.10. The van der Waals surface area contributed by atoms with Crippen LogP contribution in [0.15, 0.2) is 53.4 Å². The number of hydrogen-bond acceptors (Lipinski definition) is 4. The number of methoxy groups -OCH3 is 1. The van der Waals surface area contributed by atoms with Gasteiger partial charge in [0.1, 0.15) is 12.4 Å². The van der Waals surface area contributed by atoms with Crippen molar-refractivity contribution in [2.24, 2.45) is 0 Å². The topological polar surface area (TPSA) is 64.6 Å². The molecule has 0 aliphatic heterocycles. The molecule has 6 heteroatoms. The minimum absolute atomic E-state index is 0.245. The molecule has 0 saturated carbocycles. The van der Waals surface area contributed by atoms with Gasteiger partial charge < -0.3 is 9.47 Å². The Bertz CT molecular complexity index is 709. The molecule has 0 aliphatic rings. The van der Waals surface area contributed by atoms with Crippen molar-refractivity contribution in [3.63, 3.8) is 0 Å². The number of aryl methyl sites for hydroxylation is 1. The van der Waals surface area contributed by atoms with E-state index in [9.17, 15) is 8.42 Å². The molecule has 0 saturated heterocycles. The lowest BCUT2D eigenvalue weighted by atomic mass is 10.2. The lowest BCUT2D eigenvalue weighted by Crippen LogP contribution is -2.13. The molecular formula is C17H21NO4S. The van der Waals surface area contributed by atoms with Crippen LogP contribution in [0.4, 0.5) is 5.69 Å². The SMILES string of the molecule is CCc1ccc(S(=O)(=O)Nc2ccc(OCCOC)cc2)cc1. The highest BCUT2D eigenvalue weighted by Gasteiger charge is 2.13. The Kier molecular flexibility index (Phi) is 6.01. The highest BCUT2D eigenvalue weighted by Crippen LogP contribution is 2.20. The minimum atomic E-state index is -3.58. The van der Waals surface area contributed by atoms with Gasteiger partial charge in [-0.05, 0) is 48.4 Å². The molecule has 0 bridgehead atoms. The van der Waals surface area contributed by atoms with E-state index >= 15 is 0 Å². The number of sulfonamides is 1. The largest absolute Gasteiger partial charge is 0.491 e. The van der Waals surface area contributed by atoms with Gasteiger partial charge in [0.2, 0.25) is 0 Å². The minimum Gasteiger partial charge on any atom is -0.491 e. The molecule has 0 spiro atoms. The molecule has 2 aromatic rings. The van der Waals surface area contributed by atoms with E-state index < -0.39 is 10.0 Å². The van der Waals surface area contributed by atoms with Gasteiger partial charge in [-0.1, -0.05) is 19.1 Å². The van der Waals surface area contributed by atoms with Gasteiger partial charge >= 0.3 is 0 Å². The van der Waals surface area contributed by atoms with Crippen molar-refractivity contribution >= 4 is 15.7 Å². The van der Waals surface area contributed by atoms with Crippen molar-refractivity contribution in [2.75, 3.05) is 25.0 Å². The summed E-state index contributed by atoms with van der Waals surface area (Å²) in [4.78, 5) is 0.245. The monoisotopic (exact) mass is 335 g/mol. The molecule has 0 atom stereocenters. The van der Waals surface area contributed by atoms with Crippen molar-refractivity contribution in [1.29, 1.82) is 0 Å². The fraction of sp³-hybridized carbons (Fsp3) is 0.294. The summed E-state index contributed by atoms with van der Waals surface area (Å²) in [6.07, 6.45) is 0.873. The summed E-state index contributed by atoms with van der Waals surface area (Å²) in [5.41, 5.74) is 1.59. The molecule has 124 valence electrons. The maximum atomic E-state index is 12.3. The maximum absolute atomic E-state index is 12.3. The third-order valence-electron chi connectivity index (χ3n) is 3.30. The van der Waals surface area contributed by atoms with Crippen LogP contribution in [0.3, 0.4) is 0 Å². The summed E-state index contributed by atoms with van der Waals surface area (Å²) in [6.45, 7) is 2.98. The summed E-state index contributed by atoms with van der Waals surface area (Å²) in [5.74, 6) is 0.664. The van der Waals surface area contributed by atoms with Crippen LogP contribution in [-0.4, -0.2) is 28.7 Å². The van der Waals surface area contributed by atoms with Gasteiger partial charge in [-0.2, -0.15) is 0 Å². The third-order valence-corrected chi connectivity index (χ3v) is 4.70. The second-order valence-corrected chi connectivity index (χ2v) is 6.65. The Morgan fingerprint density at radius 2 is 1.61 bits per heavy atom. The average Bonchev–Trinajstić information content (AvgIpc) is 2.56. The normalized spacial score (nSPS) is 11.2. The second kappa shape index (κ2) is 7.99. The number of nitrogens with one attached hydrogen (secondary N) is 1. The van der Waals surface area contributed by atoms with Gasteiger partial charge in [0.05, 0.1) is 11.5 Å². The van der Waals surface area contributed by atoms with E-state index in [0.717, 1.165) is 12.0 Å². The van der Waals surface area contributed by atoms with Crippen molar-refractivity contribution in [3.8, 4) is 5.75 Å². The Morgan fingerprint density at radius 3 is 2.17 bits per heavy atom. The highest BCUT2D eigenvalue weighted by molar-refractivity contribution is 7.92. The van der Waals surface area contributed by atoms with Crippen LogP contribution in [0.2, 0.25) is 0 Å². The van der Waals surface area contributed by atoms with E-state index in [0.29, 0.717) is 24.7 Å². The Labute approximate surface area is 137 Å². The predicted octanol–water partition coefficient (Wildman–Crippen LogP) is 3.08. The summed E-state index contributed by atoms with van der Waals surface area (Å²) in [6, 6.07) is 13.6. The van der Waals surface area contributed by atoms with E-state index in [1.165, 1.54) is 0 Å². The second-order valence-electron chi connectivity index (χ2n) is 4.97. The first-order valence-corrected chi connectivity index (χ1v) is 8.87. The van der Waals surface area contributed by atoms with E-state index in [2.05, 4.69) is 4.72 Å². The predicted molar refractivity (Wildman–Crippen MR) is 90.4 cm³/mol. The fourth-order valence-electron chi connectivity index (χ4n) is 1.98. The maximum Gasteiger partial charge on any atom is 0.261 e. The molecular weight excluding hydrogens is 314 g/mol. The van der Waals surface area contributed by atoms with Crippen LogP contribution >= 0.6 is 0 Å². The Balaban J connectivity index is 2.04. The Hall–Kier alpha value is -2.05.